The molecule has 2 rings (SSSR count). The molecule has 0 saturated carbocycles. The molecule has 0 aliphatic rings. The molecule has 102 valence electrons. The van der Waals surface area contributed by atoms with Gasteiger partial charge in [-0.15, -0.1) is 5.10 Å². The molecule has 0 fully saturated rings. The van der Waals surface area contributed by atoms with Crippen LogP contribution in [0.2, 0.25) is 0 Å². The number of hydrogen-bond acceptors (Lipinski definition) is 3. The van der Waals surface area contributed by atoms with E-state index in [1.54, 1.807) is 4.68 Å². The van der Waals surface area contributed by atoms with Crippen LogP contribution in [0.1, 0.15) is 51.4 Å². The molecule has 4 nitrogen and oxygen atoms in total. The third-order valence-electron chi connectivity index (χ3n) is 3.33. The van der Waals surface area contributed by atoms with Crippen molar-refractivity contribution in [2.45, 2.75) is 45.6 Å². The standard InChI is InChI=1S/C15H22N4/c1-5-13(16)14-10-19(18-17-14)12-8-6-11(7-9-12)15(2,3)4/h6-10,13H,5,16H2,1-4H3. The van der Waals surface area contributed by atoms with Gasteiger partial charge in [-0.25, -0.2) is 4.68 Å². The molecule has 0 aliphatic heterocycles. The summed E-state index contributed by atoms with van der Waals surface area (Å²) in [5.74, 6) is 0. The first-order chi connectivity index (χ1) is 8.91. The zero-order valence-electron chi connectivity index (χ0n) is 12.1. The minimum Gasteiger partial charge on any atom is -0.323 e. The number of rotatable bonds is 3. The summed E-state index contributed by atoms with van der Waals surface area (Å²) in [5.41, 5.74) is 9.27. The fourth-order valence-corrected chi connectivity index (χ4v) is 1.90. The number of aromatic nitrogens is 3. The van der Waals surface area contributed by atoms with Crippen LogP contribution >= 0.6 is 0 Å². The lowest BCUT2D eigenvalue weighted by Gasteiger charge is -2.19. The molecule has 1 heterocycles. The fraction of sp³-hybridized carbons (Fsp3) is 0.467. The molecule has 4 heteroatoms. The van der Waals surface area contributed by atoms with Gasteiger partial charge >= 0.3 is 0 Å². The lowest BCUT2D eigenvalue weighted by atomic mass is 9.87. The molecule has 19 heavy (non-hydrogen) atoms. The normalized spacial score (nSPS) is 13.5. The average Bonchev–Trinajstić information content (AvgIpc) is 2.86. The van der Waals surface area contributed by atoms with Crippen molar-refractivity contribution in [3.63, 3.8) is 0 Å². The van der Waals surface area contributed by atoms with Gasteiger partial charge < -0.3 is 5.73 Å². The van der Waals surface area contributed by atoms with E-state index in [4.69, 9.17) is 5.73 Å². The minimum absolute atomic E-state index is 0.0393. The molecule has 1 unspecified atom stereocenters. The van der Waals surface area contributed by atoms with Crippen LogP contribution in [-0.4, -0.2) is 15.0 Å². The monoisotopic (exact) mass is 258 g/mol. The summed E-state index contributed by atoms with van der Waals surface area (Å²) in [5, 5.41) is 8.26. The molecule has 0 spiro atoms. The lowest BCUT2D eigenvalue weighted by Crippen LogP contribution is -2.11. The van der Waals surface area contributed by atoms with Gasteiger partial charge in [0.1, 0.15) is 0 Å². The van der Waals surface area contributed by atoms with Gasteiger partial charge in [0.2, 0.25) is 0 Å². The zero-order chi connectivity index (χ0) is 14.0. The van der Waals surface area contributed by atoms with Crippen molar-refractivity contribution in [1.29, 1.82) is 0 Å². The first-order valence-electron chi connectivity index (χ1n) is 6.70. The molecular formula is C15H22N4. The van der Waals surface area contributed by atoms with Crippen LogP contribution < -0.4 is 5.73 Å². The second kappa shape index (κ2) is 5.13. The van der Waals surface area contributed by atoms with Crippen molar-refractivity contribution < 1.29 is 0 Å². The molecule has 1 aromatic carbocycles. The van der Waals surface area contributed by atoms with Crippen molar-refractivity contribution in [1.82, 2.24) is 15.0 Å². The van der Waals surface area contributed by atoms with E-state index in [1.165, 1.54) is 5.56 Å². The van der Waals surface area contributed by atoms with Crippen LogP contribution in [0.15, 0.2) is 30.5 Å². The topological polar surface area (TPSA) is 56.7 Å². The van der Waals surface area contributed by atoms with Crippen LogP contribution in [0.4, 0.5) is 0 Å². The highest BCUT2D eigenvalue weighted by Crippen LogP contribution is 2.23. The van der Waals surface area contributed by atoms with Gasteiger partial charge in [-0.05, 0) is 29.5 Å². The van der Waals surface area contributed by atoms with E-state index in [0.29, 0.717) is 0 Å². The zero-order valence-corrected chi connectivity index (χ0v) is 12.1. The maximum atomic E-state index is 5.95. The van der Waals surface area contributed by atoms with E-state index in [2.05, 4.69) is 55.3 Å². The minimum atomic E-state index is -0.0393. The largest absolute Gasteiger partial charge is 0.323 e. The van der Waals surface area contributed by atoms with Gasteiger partial charge in [0, 0.05) is 0 Å². The highest BCUT2D eigenvalue weighted by atomic mass is 15.4. The van der Waals surface area contributed by atoms with Crippen LogP contribution in [-0.2, 0) is 5.41 Å². The highest BCUT2D eigenvalue weighted by molar-refractivity contribution is 5.36. The second-order valence-electron chi connectivity index (χ2n) is 5.90. The van der Waals surface area contributed by atoms with Crippen molar-refractivity contribution in [2.24, 2.45) is 5.73 Å². The Hall–Kier alpha value is -1.68. The Morgan fingerprint density at radius 3 is 2.37 bits per heavy atom. The van der Waals surface area contributed by atoms with E-state index in [0.717, 1.165) is 17.8 Å². The molecule has 0 aliphatic carbocycles. The Labute approximate surface area is 114 Å². The second-order valence-corrected chi connectivity index (χ2v) is 5.90. The van der Waals surface area contributed by atoms with Crippen LogP contribution in [0, 0.1) is 0 Å². The Bertz CT molecular complexity index is 534. The predicted molar refractivity (Wildman–Crippen MR) is 77.3 cm³/mol. The molecular weight excluding hydrogens is 236 g/mol. The first kappa shape index (κ1) is 13.7. The molecule has 0 saturated heterocycles. The van der Waals surface area contributed by atoms with Crippen molar-refractivity contribution in [2.75, 3.05) is 0 Å². The van der Waals surface area contributed by atoms with Crippen molar-refractivity contribution in [3.8, 4) is 5.69 Å². The summed E-state index contributed by atoms with van der Waals surface area (Å²) in [6.45, 7) is 8.66. The Kier molecular flexibility index (Phi) is 3.71. The van der Waals surface area contributed by atoms with Crippen LogP contribution in [0.25, 0.3) is 5.69 Å². The first-order valence-corrected chi connectivity index (χ1v) is 6.70. The van der Waals surface area contributed by atoms with Gasteiger partial charge in [-0.3, -0.25) is 0 Å². The Morgan fingerprint density at radius 1 is 1.21 bits per heavy atom. The van der Waals surface area contributed by atoms with E-state index in [-0.39, 0.29) is 11.5 Å². The van der Waals surface area contributed by atoms with Crippen molar-refractivity contribution >= 4 is 0 Å². The molecule has 0 bridgehead atoms. The number of nitrogens with zero attached hydrogens (tertiary/aromatic N) is 3. The van der Waals surface area contributed by atoms with E-state index in [1.807, 2.05) is 13.1 Å². The SMILES string of the molecule is CCC(N)c1cn(-c2ccc(C(C)(C)C)cc2)nn1. The highest BCUT2D eigenvalue weighted by Gasteiger charge is 2.14. The molecule has 0 radical (unpaired) electrons. The van der Waals surface area contributed by atoms with Gasteiger partial charge in [0.25, 0.3) is 0 Å². The van der Waals surface area contributed by atoms with E-state index < -0.39 is 0 Å². The number of nitrogens with two attached hydrogens (primary N) is 1. The van der Waals surface area contributed by atoms with Gasteiger partial charge in [0.05, 0.1) is 23.6 Å². The van der Waals surface area contributed by atoms with Crippen molar-refractivity contribution in [3.05, 3.63) is 41.7 Å². The summed E-state index contributed by atoms with van der Waals surface area (Å²) in [7, 11) is 0. The predicted octanol–water partition coefficient (Wildman–Crippen LogP) is 2.97. The quantitative estimate of drug-likeness (QED) is 0.920. The van der Waals surface area contributed by atoms with Gasteiger partial charge in [-0.1, -0.05) is 45.0 Å². The smallest absolute Gasteiger partial charge is 0.0998 e. The average molecular weight is 258 g/mol. The third-order valence-corrected chi connectivity index (χ3v) is 3.33. The summed E-state index contributed by atoms with van der Waals surface area (Å²) in [4.78, 5) is 0. The fourth-order valence-electron chi connectivity index (χ4n) is 1.90. The summed E-state index contributed by atoms with van der Waals surface area (Å²) in [6, 6.07) is 8.36. The van der Waals surface area contributed by atoms with E-state index >= 15 is 0 Å². The van der Waals surface area contributed by atoms with E-state index in [9.17, 15) is 0 Å². The Balaban J connectivity index is 2.25. The maximum Gasteiger partial charge on any atom is 0.0998 e. The van der Waals surface area contributed by atoms with Crippen LogP contribution in [0.3, 0.4) is 0 Å². The molecule has 2 aromatic rings. The van der Waals surface area contributed by atoms with Gasteiger partial charge in [-0.2, -0.15) is 0 Å². The number of benzene rings is 1. The molecule has 2 N–H and O–H groups in total. The molecule has 1 atom stereocenters. The summed E-state index contributed by atoms with van der Waals surface area (Å²) >= 11 is 0. The Morgan fingerprint density at radius 2 is 1.84 bits per heavy atom. The maximum absolute atomic E-state index is 5.95. The summed E-state index contributed by atoms with van der Waals surface area (Å²) in [6.07, 6.45) is 2.77. The third kappa shape index (κ3) is 3.01. The van der Waals surface area contributed by atoms with Crippen LogP contribution in [0.5, 0.6) is 0 Å². The summed E-state index contributed by atoms with van der Waals surface area (Å²) < 4.78 is 1.78. The lowest BCUT2D eigenvalue weighted by molar-refractivity contribution is 0.590. The number of hydrogen-bond donors (Lipinski definition) is 1. The molecule has 1 aromatic heterocycles. The molecule has 0 amide bonds. The van der Waals surface area contributed by atoms with Gasteiger partial charge in [0.15, 0.2) is 0 Å².